The zero-order chi connectivity index (χ0) is 9.97. The SMILES string of the molecule is CCC1=CC=C2C=C(N)C=CC2PC1. The Hall–Kier alpha value is -0.810. The number of hydrogen-bond donors (Lipinski definition) is 1. The quantitative estimate of drug-likeness (QED) is 0.654. The van der Waals surface area contributed by atoms with Crippen LogP contribution in [0.4, 0.5) is 0 Å². The van der Waals surface area contributed by atoms with Gasteiger partial charge >= 0.3 is 0 Å². The largest absolute Gasteiger partial charge is 0.399 e. The molecular formula is C12H16NP. The van der Waals surface area contributed by atoms with Gasteiger partial charge in [-0.1, -0.05) is 30.7 Å². The molecule has 0 saturated carbocycles. The van der Waals surface area contributed by atoms with Crippen LogP contribution in [0.2, 0.25) is 0 Å². The van der Waals surface area contributed by atoms with Gasteiger partial charge in [0.1, 0.15) is 0 Å². The van der Waals surface area contributed by atoms with E-state index in [0.29, 0.717) is 5.66 Å². The summed E-state index contributed by atoms with van der Waals surface area (Å²) < 4.78 is 0. The van der Waals surface area contributed by atoms with Crippen molar-refractivity contribution in [3.63, 3.8) is 0 Å². The van der Waals surface area contributed by atoms with E-state index in [1.807, 2.05) is 6.08 Å². The molecule has 2 unspecified atom stereocenters. The van der Waals surface area contributed by atoms with Crippen LogP contribution in [-0.4, -0.2) is 11.8 Å². The van der Waals surface area contributed by atoms with Crippen molar-refractivity contribution in [3.05, 3.63) is 47.2 Å². The minimum atomic E-state index is 0.614. The Morgan fingerprint density at radius 2 is 2.36 bits per heavy atom. The molecule has 1 aliphatic heterocycles. The second kappa shape index (κ2) is 4.14. The van der Waals surface area contributed by atoms with Crippen LogP contribution in [0.1, 0.15) is 13.3 Å². The van der Waals surface area contributed by atoms with Crippen LogP contribution in [0.15, 0.2) is 47.2 Å². The molecule has 1 aliphatic carbocycles. The number of nitrogens with two attached hydrogens (primary N) is 1. The summed E-state index contributed by atoms with van der Waals surface area (Å²) in [4.78, 5) is 0. The van der Waals surface area contributed by atoms with E-state index < -0.39 is 0 Å². The lowest BCUT2D eigenvalue weighted by Gasteiger charge is -2.16. The average molecular weight is 205 g/mol. The van der Waals surface area contributed by atoms with Crippen molar-refractivity contribution in [2.24, 2.45) is 5.73 Å². The van der Waals surface area contributed by atoms with Gasteiger partial charge in [0, 0.05) is 11.4 Å². The van der Waals surface area contributed by atoms with Crippen molar-refractivity contribution < 1.29 is 0 Å². The first-order valence-electron chi connectivity index (χ1n) is 5.08. The van der Waals surface area contributed by atoms with Gasteiger partial charge < -0.3 is 5.73 Å². The van der Waals surface area contributed by atoms with Gasteiger partial charge in [0.15, 0.2) is 0 Å². The predicted molar refractivity (Wildman–Crippen MR) is 64.8 cm³/mol. The smallest absolute Gasteiger partial charge is 0.0314 e. The minimum absolute atomic E-state index is 0.614. The molecule has 2 N–H and O–H groups in total. The molecule has 0 amide bonds. The highest BCUT2D eigenvalue weighted by atomic mass is 31.1. The maximum absolute atomic E-state index is 5.78. The molecule has 2 heteroatoms. The van der Waals surface area contributed by atoms with Crippen LogP contribution in [0.3, 0.4) is 0 Å². The Bertz CT molecular complexity index is 347. The lowest BCUT2D eigenvalue weighted by molar-refractivity contribution is 1.11. The summed E-state index contributed by atoms with van der Waals surface area (Å²) in [6.07, 6.45) is 13.3. The molecule has 0 radical (unpaired) electrons. The molecule has 0 spiro atoms. The number of rotatable bonds is 1. The van der Waals surface area contributed by atoms with E-state index in [-0.39, 0.29) is 0 Å². The monoisotopic (exact) mass is 205 g/mol. The molecule has 0 saturated heterocycles. The van der Waals surface area contributed by atoms with E-state index in [0.717, 1.165) is 14.3 Å². The van der Waals surface area contributed by atoms with Gasteiger partial charge in [0.2, 0.25) is 0 Å². The first-order chi connectivity index (χ1) is 6.79. The molecule has 2 atom stereocenters. The van der Waals surface area contributed by atoms with E-state index >= 15 is 0 Å². The number of hydrogen-bond acceptors (Lipinski definition) is 1. The lowest BCUT2D eigenvalue weighted by Crippen LogP contribution is -2.08. The summed E-state index contributed by atoms with van der Waals surface area (Å²) in [5.74, 6) is 0. The van der Waals surface area contributed by atoms with Crippen molar-refractivity contribution in [1.29, 1.82) is 0 Å². The first-order valence-corrected chi connectivity index (χ1v) is 6.36. The van der Waals surface area contributed by atoms with E-state index in [1.54, 1.807) is 5.57 Å². The molecule has 0 fully saturated rings. The summed E-state index contributed by atoms with van der Waals surface area (Å²) in [6, 6.07) is 0. The van der Waals surface area contributed by atoms with E-state index in [4.69, 9.17) is 5.73 Å². The predicted octanol–water partition coefficient (Wildman–Crippen LogP) is 2.72. The molecule has 0 aromatic heterocycles. The zero-order valence-electron chi connectivity index (χ0n) is 8.46. The van der Waals surface area contributed by atoms with Gasteiger partial charge in [-0.05, 0) is 30.3 Å². The summed E-state index contributed by atoms with van der Waals surface area (Å²) >= 11 is 0. The third kappa shape index (κ3) is 1.99. The molecule has 0 aromatic rings. The lowest BCUT2D eigenvalue weighted by atomic mass is 10.0. The normalized spacial score (nSPS) is 27.5. The maximum Gasteiger partial charge on any atom is 0.0314 e. The van der Waals surface area contributed by atoms with Gasteiger partial charge in [-0.15, -0.1) is 8.58 Å². The van der Waals surface area contributed by atoms with Crippen LogP contribution in [0.25, 0.3) is 0 Å². The molecule has 74 valence electrons. The number of fused-ring (bicyclic) bond motifs is 1. The minimum Gasteiger partial charge on any atom is -0.399 e. The third-order valence-electron chi connectivity index (χ3n) is 2.69. The highest BCUT2D eigenvalue weighted by Gasteiger charge is 2.15. The standard InChI is InChI=1S/C12H16NP/c1-2-9-3-4-10-7-11(13)5-6-12(10)14-8-9/h3-7,12,14H,2,8,13H2,1H3. The molecule has 2 aliphatic rings. The molecule has 0 aromatic carbocycles. The molecule has 14 heavy (non-hydrogen) atoms. The first kappa shape index (κ1) is 9.73. The van der Waals surface area contributed by atoms with Crippen LogP contribution in [-0.2, 0) is 0 Å². The van der Waals surface area contributed by atoms with E-state index in [9.17, 15) is 0 Å². The Morgan fingerprint density at radius 3 is 3.14 bits per heavy atom. The fraction of sp³-hybridized carbons (Fsp3) is 0.333. The van der Waals surface area contributed by atoms with Gasteiger partial charge in [-0.25, -0.2) is 0 Å². The number of allylic oxidation sites excluding steroid dienone is 7. The zero-order valence-corrected chi connectivity index (χ0v) is 9.46. The summed E-state index contributed by atoms with van der Waals surface area (Å²) in [7, 11) is 0.978. The average Bonchev–Trinajstić information content (AvgIpc) is 2.39. The van der Waals surface area contributed by atoms with E-state index in [1.165, 1.54) is 18.2 Å². The van der Waals surface area contributed by atoms with Gasteiger partial charge in [-0.3, -0.25) is 0 Å². The summed E-state index contributed by atoms with van der Waals surface area (Å²) in [5, 5.41) is 0. The Kier molecular flexibility index (Phi) is 2.88. The highest BCUT2D eigenvalue weighted by molar-refractivity contribution is 7.39. The van der Waals surface area contributed by atoms with Crippen LogP contribution in [0, 0.1) is 0 Å². The van der Waals surface area contributed by atoms with Crippen molar-refractivity contribution in [2.45, 2.75) is 19.0 Å². The molecule has 2 rings (SSSR count). The second-order valence-electron chi connectivity index (χ2n) is 3.71. The highest BCUT2D eigenvalue weighted by Crippen LogP contribution is 2.35. The van der Waals surface area contributed by atoms with Crippen molar-refractivity contribution >= 4 is 8.58 Å². The van der Waals surface area contributed by atoms with Crippen molar-refractivity contribution in [1.82, 2.24) is 0 Å². The van der Waals surface area contributed by atoms with Gasteiger partial charge in [0.25, 0.3) is 0 Å². The van der Waals surface area contributed by atoms with Crippen LogP contribution >= 0.6 is 8.58 Å². The fourth-order valence-electron chi connectivity index (χ4n) is 1.74. The Labute approximate surface area is 87.2 Å². The van der Waals surface area contributed by atoms with Gasteiger partial charge in [-0.2, -0.15) is 0 Å². The van der Waals surface area contributed by atoms with Crippen molar-refractivity contribution in [2.75, 3.05) is 6.16 Å². The summed E-state index contributed by atoms with van der Waals surface area (Å²) in [5.41, 5.74) is 10.2. The second-order valence-corrected chi connectivity index (χ2v) is 5.09. The van der Waals surface area contributed by atoms with Gasteiger partial charge in [0.05, 0.1) is 0 Å². The van der Waals surface area contributed by atoms with Crippen LogP contribution in [0.5, 0.6) is 0 Å². The maximum atomic E-state index is 5.78. The van der Waals surface area contributed by atoms with E-state index in [2.05, 4.69) is 31.2 Å². The fourth-order valence-corrected chi connectivity index (χ4v) is 3.24. The Morgan fingerprint density at radius 1 is 1.50 bits per heavy atom. The topological polar surface area (TPSA) is 26.0 Å². The molecule has 0 bridgehead atoms. The summed E-state index contributed by atoms with van der Waals surface area (Å²) in [6.45, 7) is 2.23. The molecule has 1 heterocycles. The van der Waals surface area contributed by atoms with Crippen molar-refractivity contribution in [3.8, 4) is 0 Å². The van der Waals surface area contributed by atoms with Crippen LogP contribution < -0.4 is 5.73 Å². The Balaban J connectivity index is 2.25. The molecular weight excluding hydrogens is 189 g/mol. The molecule has 1 nitrogen and oxygen atoms in total. The third-order valence-corrected chi connectivity index (χ3v) is 4.31.